The third kappa shape index (κ3) is 5.28. The summed E-state index contributed by atoms with van der Waals surface area (Å²) in [5.41, 5.74) is 0. The lowest BCUT2D eigenvalue weighted by Crippen LogP contribution is -1.60. The molecule has 1 nitrogen and oxygen atoms in total. The standard InChI is InChI=1S/C7H12O/c1-3-4-5-6-7-8-2/h4-7H,3H2,1-2H3/b5-4-,7-6-. The molecule has 0 bridgehead atoms. The van der Waals surface area contributed by atoms with Crippen molar-refractivity contribution in [1.82, 2.24) is 0 Å². The van der Waals surface area contributed by atoms with Crippen LogP contribution in [0, 0.1) is 0 Å². The van der Waals surface area contributed by atoms with Crippen LogP contribution in [0.4, 0.5) is 0 Å². The number of rotatable bonds is 3. The van der Waals surface area contributed by atoms with E-state index in [0.29, 0.717) is 0 Å². The Morgan fingerprint density at radius 1 is 1.38 bits per heavy atom. The summed E-state index contributed by atoms with van der Waals surface area (Å²) in [6, 6.07) is 0. The third-order valence-electron chi connectivity index (χ3n) is 0.698. The van der Waals surface area contributed by atoms with Gasteiger partial charge >= 0.3 is 0 Å². The maximum absolute atomic E-state index is 4.66. The van der Waals surface area contributed by atoms with Crippen LogP contribution in [0.25, 0.3) is 0 Å². The Morgan fingerprint density at radius 2 is 2.12 bits per heavy atom. The molecule has 0 spiro atoms. The molecule has 0 aliphatic heterocycles. The maximum atomic E-state index is 4.66. The molecule has 0 saturated carbocycles. The monoisotopic (exact) mass is 112 g/mol. The second-order valence-electron chi connectivity index (χ2n) is 1.40. The summed E-state index contributed by atoms with van der Waals surface area (Å²) in [6.07, 6.45) is 8.61. The summed E-state index contributed by atoms with van der Waals surface area (Å²) < 4.78 is 4.66. The maximum Gasteiger partial charge on any atom is 0.0824 e. The van der Waals surface area contributed by atoms with Gasteiger partial charge < -0.3 is 4.74 Å². The van der Waals surface area contributed by atoms with E-state index < -0.39 is 0 Å². The van der Waals surface area contributed by atoms with Gasteiger partial charge in [0.1, 0.15) is 0 Å². The van der Waals surface area contributed by atoms with Crippen molar-refractivity contribution < 1.29 is 4.74 Å². The van der Waals surface area contributed by atoms with Gasteiger partial charge in [-0.25, -0.2) is 0 Å². The first kappa shape index (κ1) is 7.28. The Labute approximate surface area is 50.7 Å². The molecule has 8 heavy (non-hydrogen) atoms. The molecule has 0 aromatic carbocycles. The minimum absolute atomic E-state index is 1.08. The van der Waals surface area contributed by atoms with Gasteiger partial charge in [0.05, 0.1) is 13.4 Å². The van der Waals surface area contributed by atoms with E-state index in [-0.39, 0.29) is 0 Å². The average molecular weight is 112 g/mol. The lowest BCUT2D eigenvalue weighted by molar-refractivity contribution is 0.338. The molecule has 0 saturated heterocycles. The summed E-state index contributed by atoms with van der Waals surface area (Å²) >= 11 is 0. The lowest BCUT2D eigenvalue weighted by atomic mass is 10.4. The molecule has 1 heteroatoms. The molecule has 0 N–H and O–H groups in total. The molecular formula is C7H12O. The Balaban J connectivity index is 3.13. The predicted octanol–water partition coefficient (Wildman–Crippen LogP) is 2.11. The van der Waals surface area contributed by atoms with Crippen molar-refractivity contribution in [2.45, 2.75) is 13.3 Å². The first-order valence-electron chi connectivity index (χ1n) is 2.76. The Bertz CT molecular complexity index is 70.4. The number of hydrogen-bond donors (Lipinski definition) is 0. The number of allylic oxidation sites excluding steroid dienone is 3. The van der Waals surface area contributed by atoms with Crippen LogP contribution in [0.1, 0.15) is 13.3 Å². The fourth-order valence-electron chi connectivity index (χ4n) is 0.339. The number of methoxy groups -OCH3 is 1. The van der Waals surface area contributed by atoms with E-state index in [1.807, 2.05) is 12.2 Å². The van der Waals surface area contributed by atoms with Crippen LogP contribution >= 0.6 is 0 Å². The van der Waals surface area contributed by atoms with Crippen molar-refractivity contribution >= 4 is 0 Å². The summed E-state index contributed by atoms with van der Waals surface area (Å²) in [5, 5.41) is 0. The van der Waals surface area contributed by atoms with Gasteiger partial charge in [-0.05, 0) is 12.5 Å². The predicted molar refractivity (Wildman–Crippen MR) is 35.6 cm³/mol. The third-order valence-corrected chi connectivity index (χ3v) is 0.698. The molecule has 0 aromatic heterocycles. The minimum atomic E-state index is 1.08. The highest BCUT2D eigenvalue weighted by Gasteiger charge is 1.61. The van der Waals surface area contributed by atoms with Crippen molar-refractivity contribution in [3.8, 4) is 0 Å². The van der Waals surface area contributed by atoms with Crippen LogP contribution in [0.5, 0.6) is 0 Å². The van der Waals surface area contributed by atoms with E-state index in [4.69, 9.17) is 0 Å². The normalized spacial score (nSPS) is 11.2. The van der Waals surface area contributed by atoms with Gasteiger partial charge in [-0.15, -0.1) is 0 Å². The lowest BCUT2D eigenvalue weighted by Gasteiger charge is -1.79. The smallest absolute Gasteiger partial charge is 0.0824 e. The highest BCUT2D eigenvalue weighted by atomic mass is 16.5. The molecular weight excluding hydrogens is 100 g/mol. The molecule has 0 radical (unpaired) electrons. The fourth-order valence-corrected chi connectivity index (χ4v) is 0.339. The Morgan fingerprint density at radius 3 is 2.62 bits per heavy atom. The molecule has 0 unspecified atom stereocenters. The van der Waals surface area contributed by atoms with Crippen molar-refractivity contribution in [1.29, 1.82) is 0 Å². The zero-order chi connectivity index (χ0) is 6.24. The van der Waals surface area contributed by atoms with Gasteiger partial charge in [-0.2, -0.15) is 0 Å². The van der Waals surface area contributed by atoms with Gasteiger partial charge in [0, 0.05) is 0 Å². The minimum Gasteiger partial charge on any atom is -0.504 e. The second kappa shape index (κ2) is 6.28. The quantitative estimate of drug-likeness (QED) is 0.401. The van der Waals surface area contributed by atoms with Gasteiger partial charge in [0.25, 0.3) is 0 Å². The highest BCUT2D eigenvalue weighted by molar-refractivity contribution is 4.98. The van der Waals surface area contributed by atoms with Gasteiger partial charge in [-0.3, -0.25) is 0 Å². The second-order valence-corrected chi connectivity index (χ2v) is 1.40. The molecule has 0 amide bonds. The molecule has 0 fully saturated rings. The molecule has 0 atom stereocenters. The topological polar surface area (TPSA) is 9.23 Å². The number of hydrogen-bond acceptors (Lipinski definition) is 1. The zero-order valence-corrected chi connectivity index (χ0v) is 5.42. The molecule has 0 aromatic rings. The van der Waals surface area contributed by atoms with E-state index in [9.17, 15) is 0 Å². The first-order chi connectivity index (χ1) is 3.91. The van der Waals surface area contributed by atoms with E-state index >= 15 is 0 Å². The van der Waals surface area contributed by atoms with Crippen LogP contribution in [0.15, 0.2) is 24.5 Å². The Hall–Kier alpha value is -0.720. The van der Waals surface area contributed by atoms with Gasteiger partial charge in [0.2, 0.25) is 0 Å². The summed E-state index contributed by atoms with van der Waals surface area (Å²) in [6.45, 7) is 2.09. The first-order valence-corrected chi connectivity index (χ1v) is 2.76. The molecule has 46 valence electrons. The van der Waals surface area contributed by atoms with E-state index in [1.54, 1.807) is 13.4 Å². The van der Waals surface area contributed by atoms with Gasteiger partial charge in [-0.1, -0.05) is 19.1 Å². The van der Waals surface area contributed by atoms with Crippen molar-refractivity contribution in [2.24, 2.45) is 0 Å². The summed E-state index contributed by atoms with van der Waals surface area (Å²) in [4.78, 5) is 0. The van der Waals surface area contributed by atoms with Crippen molar-refractivity contribution in [3.05, 3.63) is 24.5 Å². The van der Waals surface area contributed by atoms with Crippen LogP contribution in [0.3, 0.4) is 0 Å². The molecule has 0 rings (SSSR count). The molecule has 0 heterocycles. The number of ether oxygens (including phenoxy) is 1. The molecule has 0 aliphatic rings. The van der Waals surface area contributed by atoms with Crippen molar-refractivity contribution in [2.75, 3.05) is 7.11 Å². The molecule has 0 aliphatic carbocycles. The van der Waals surface area contributed by atoms with Crippen LogP contribution in [0.2, 0.25) is 0 Å². The van der Waals surface area contributed by atoms with E-state index in [0.717, 1.165) is 6.42 Å². The van der Waals surface area contributed by atoms with Crippen LogP contribution in [-0.4, -0.2) is 7.11 Å². The largest absolute Gasteiger partial charge is 0.504 e. The Kier molecular flexibility index (Phi) is 5.71. The van der Waals surface area contributed by atoms with E-state index in [2.05, 4.69) is 17.7 Å². The SMILES string of the molecule is CC/C=C\C=C/OC. The summed E-state index contributed by atoms with van der Waals surface area (Å²) in [5.74, 6) is 0. The fraction of sp³-hybridized carbons (Fsp3) is 0.429. The summed E-state index contributed by atoms with van der Waals surface area (Å²) in [7, 11) is 1.64. The van der Waals surface area contributed by atoms with Crippen molar-refractivity contribution in [3.63, 3.8) is 0 Å². The average Bonchev–Trinajstić information content (AvgIpc) is 1.81. The highest BCUT2D eigenvalue weighted by Crippen LogP contribution is 1.80. The van der Waals surface area contributed by atoms with Gasteiger partial charge in [0.15, 0.2) is 0 Å². The zero-order valence-electron chi connectivity index (χ0n) is 5.42. The van der Waals surface area contributed by atoms with Crippen LogP contribution < -0.4 is 0 Å². The van der Waals surface area contributed by atoms with Crippen LogP contribution in [-0.2, 0) is 4.74 Å². The van der Waals surface area contributed by atoms with E-state index in [1.165, 1.54) is 0 Å².